The first-order valence-corrected chi connectivity index (χ1v) is 12.7. The minimum Gasteiger partial charge on any atom is -0.507 e. The first-order valence-electron chi connectivity index (χ1n) is 12.7. The molecule has 1 aliphatic heterocycles. The quantitative estimate of drug-likeness (QED) is 0.292. The normalized spacial score (nSPS) is 20.5. The summed E-state index contributed by atoms with van der Waals surface area (Å²) in [5.74, 6) is 0.419. The molecule has 2 aromatic rings. The monoisotopic (exact) mass is 477 g/mol. The molecule has 0 radical (unpaired) electrons. The molecule has 0 bridgehead atoms. The Morgan fingerprint density at radius 2 is 1.71 bits per heavy atom. The molecular formula is C29H35NO5. The summed E-state index contributed by atoms with van der Waals surface area (Å²) in [6, 6.07) is 13.8. The third kappa shape index (κ3) is 5.37. The third-order valence-corrected chi connectivity index (χ3v) is 6.64. The number of Topliss-reactive ketones (excluding diaryl/α,β-unsaturated/α-hetero) is 1. The van der Waals surface area contributed by atoms with Gasteiger partial charge in [0.05, 0.1) is 24.8 Å². The van der Waals surface area contributed by atoms with E-state index in [4.69, 9.17) is 9.47 Å². The van der Waals surface area contributed by atoms with Crippen LogP contribution in [0.1, 0.15) is 70.0 Å². The lowest BCUT2D eigenvalue weighted by Gasteiger charge is -2.35. The van der Waals surface area contributed by atoms with Crippen molar-refractivity contribution in [3.8, 4) is 11.5 Å². The van der Waals surface area contributed by atoms with Gasteiger partial charge in [-0.1, -0.05) is 45.2 Å². The molecular weight excluding hydrogens is 442 g/mol. The molecule has 6 nitrogen and oxygen atoms in total. The second-order valence-corrected chi connectivity index (χ2v) is 9.73. The molecule has 6 heteroatoms. The van der Waals surface area contributed by atoms with Gasteiger partial charge in [-0.2, -0.15) is 0 Å². The molecule has 1 amide bonds. The standard InChI is InChI=1S/C29H35NO5/c1-4-34-24-12-8-9-21(17-24)26-25(28(32)29(33)30(26)22-10-6-5-7-11-22)27(31)20-13-15-23(16-14-20)35-18-19(2)3/h8-9,12-17,19,22,26,31H,4-7,10-11,18H2,1-3H3/b27-25-. The van der Waals surface area contributed by atoms with Crippen LogP contribution in [-0.2, 0) is 9.59 Å². The largest absolute Gasteiger partial charge is 0.507 e. The summed E-state index contributed by atoms with van der Waals surface area (Å²) in [4.78, 5) is 28.4. The highest BCUT2D eigenvalue weighted by Crippen LogP contribution is 2.43. The van der Waals surface area contributed by atoms with Gasteiger partial charge in [-0.3, -0.25) is 9.59 Å². The number of hydrogen-bond donors (Lipinski definition) is 1. The molecule has 1 saturated heterocycles. The van der Waals surface area contributed by atoms with Crippen LogP contribution in [0.15, 0.2) is 54.1 Å². The number of aliphatic hydroxyl groups excluding tert-OH is 1. The molecule has 1 heterocycles. The predicted molar refractivity (Wildman–Crippen MR) is 135 cm³/mol. The number of ether oxygens (including phenoxy) is 2. The van der Waals surface area contributed by atoms with Crippen LogP contribution >= 0.6 is 0 Å². The van der Waals surface area contributed by atoms with Gasteiger partial charge in [0.15, 0.2) is 0 Å². The second kappa shape index (κ2) is 11.0. The van der Waals surface area contributed by atoms with E-state index in [1.807, 2.05) is 31.2 Å². The van der Waals surface area contributed by atoms with E-state index in [1.165, 1.54) is 0 Å². The Bertz CT molecular complexity index is 1080. The van der Waals surface area contributed by atoms with Gasteiger partial charge in [0.1, 0.15) is 17.3 Å². The number of rotatable bonds is 8. The maximum Gasteiger partial charge on any atom is 0.295 e. The average molecular weight is 478 g/mol. The van der Waals surface area contributed by atoms with Crippen molar-refractivity contribution in [2.24, 2.45) is 5.92 Å². The van der Waals surface area contributed by atoms with E-state index in [0.29, 0.717) is 36.2 Å². The molecule has 1 unspecified atom stereocenters. The highest BCUT2D eigenvalue weighted by Gasteiger charge is 2.48. The van der Waals surface area contributed by atoms with Gasteiger partial charge in [0.25, 0.3) is 11.7 Å². The lowest BCUT2D eigenvalue weighted by Crippen LogP contribution is -2.40. The van der Waals surface area contributed by atoms with Crippen LogP contribution in [0.3, 0.4) is 0 Å². The fourth-order valence-corrected chi connectivity index (χ4v) is 4.98. The lowest BCUT2D eigenvalue weighted by molar-refractivity contribution is -0.141. The molecule has 0 spiro atoms. The Hall–Kier alpha value is -3.28. The Morgan fingerprint density at radius 3 is 2.37 bits per heavy atom. The van der Waals surface area contributed by atoms with Crippen LogP contribution < -0.4 is 9.47 Å². The van der Waals surface area contributed by atoms with Crippen molar-refractivity contribution in [2.75, 3.05) is 13.2 Å². The summed E-state index contributed by atoms with van der Waals surface area (Å²) in [6.45, 7) is 7.17. The minimum absolute atomic E-state index is 0.0296. The molecule has 2 aromatic carbocycles. The van der Waals surface area contributed by atoms with Crippen LogP contribution in [0.2, 0.25) is 0 Å². The van der Waals surface area contributed by atoms with Gasteiger partial charge < -0.3 is 19.5 Å². The Morgan fingerprint density at radius 1 is 1.00 bits per heavy atom. The van der Waals surface area contributed by atoms with Gasteiger partial charge in [-0.05, 0) is 67.6 Å². The molecule has 4 rings (SSSR count). The number of amides is 1. The summed E-state index contributed by atoms with van der Waals surface area (Å²) < 4.78 is 11.4. The smallest absolute Gasteiger partial charge is 0.295 e. The maximum absolute atomic E-state index is 13.3. The van der Waals surface area contributed by atoms with E-state index < -0.39 is 17.7 Å². The van der Waals surface area contributed by atoms with Crippen molar-refractivity contribution in [3.05, 3.63) is 65.2 Å². The number of likely N-dealkylation sites (tertiary alicyclic amines) is 1. The number of hydrogen-bond acceptors (Lipinski definition) is 5. The molecule has 35 heavy (non-hydrogen) atoms. The van der Waals surface area contributed by atoms with Crippen LogP contribution in [0, 0.1) is 5.92 Å². The van der Waals surface area contributed by atoms with Crippen molar-refractivity contribution in [2.45, 2.75) is 65.0 Å². The zero-order valence-corrected chi connectivity index (χ0v) is 20.8. The zero-order valence-electron chi connectivity index (χ0n) is 20.8. The SMILES string of the molecule is CCOc1cccc(C2/C(=C(/O)c3ccc(OCC(C)C)cc3)C(=O)C(=O)N2C2CCCCC2)c1. The van der Waals surface area contributed by atoms with Crippen molar-refractivity contribution in [1.29, 1.82) is 0 Å². The van der Waals surface area contributed by atoms with E-state index in [9.17, 15) is 14.7 Å². The predicted octanol–water partition coefficient (Wildman–Crippen LogP) is 5.87. The zero-order chi connectivity index (χ0) is 24.9. The van der Waals surface area contributed by atoms with Crippen molar-refractivity contribution >= 4 is 17.4 Å². The topological polar surface area (TPSA) is 76.1 Å². The Balaban J connectivity index is 1.76. The first-order chi connectivity index (χ1) is 16.9. The second-order valence-electron chi connectivity index (χ2n) is 9.73. The van der Waals surface area contributed by atoms with Crippen LogP contribution in [0.25, 0.3) is 5.76 Å². The number of ketones is 1. The summed E-state index contributed by atoms with van der Waals surface area (Å²) in [5, 5.41) is 11.3. The summed E-state index contributed by atoms with van der Waals surface area (Å²) in [5.41, 5.74) is 1.37. The highest BCUT2D eigenvalue weighted by atomic mass is 16.5. The van der Waals surface area contributed by atoms with Crippen molar-refractivity contribution in [3.63, 3.8) is 0 Å². The van der Waals surface area contributed by atoms with E-state index in [2.05, 4.69) is 13.8 Å². The fraction of sp³-hybridized carbons (Fsp3) is 0.448. The van der Waals surface area contributed by atoms with Crippen molar-refractivity contribution < 1.29 is 24.2 Å². The van der Waals surface area contributed by atoms with Gasteiger partial charge in [-0.25, -0.2) is 0 Å². The van der Waals surface area contributed by atoms with Crippen LogP contribution in [0.4, 0.5) is 0 Å². The highest BCUT2D eigenvalue weighted by molar-refractivity contribution is 6.46. The van der Waals surface area contributed by atoms with Gasteiger partial charge in [0, 0.05) is 11.6 Å². The molecule has 0 aromatic heterocycles. The Kier molecular flexibility index (Phi) is 7.79. The minimum atomic E-state index is -0.657. The Labute approximate surface area is 207 Å². The number of carbonyl (C=O) groups excluding carboxylic acids is 2. The molecule has 2 fully saturated rings. The van der Waals surface area contributed by atoms with Gasteiger partial charge in [0.2, 0.25) is 0 Å². The molecule has 186 valence electrons. The van der Waals surface area contributed by atoms with E-state index >= 15 is 0 Å². The van der Waals surface area contributed by atoms with E-state index in [-0.39, 0.29) is 17.4 Å². The van der Waals surface area contributed by atoms with Crippen molar-refractivity contribution in [1.82, 2.24) is 4.90 Å². The summed E-state index contributed by atoms with van der Waals surface area (Å²) in [6.07, 6.45) is 4.90. The van der Waals surface area contributed by atoms with Crippen LogP contribution in [0.5, 0.6) is 11.5 Å². The third-order valence-electron chi connectivity index (χ3n) is 6.64. The molecule has 1 N–H and O–H groups in total. The lowest BCUT2D eigenvalue weighted by atomic mass is 9.91. The molecule has 1 atom stereocenters. The number of carbonyl (C=O) groups is 2. The number of aliphatic hydroxyl groups is 1. The molecule has 1 saturated carbocycles. The van der Waals surface area contributed by atoms with E-state index in [1.54, 1.807) is 29.2 Å². The fourth-order valence-electron chi connectivity index (χ4n) is 4.98. The van der Waals surface area contributed by atoms with E-state index in [0.717, 1.165) is 37.7 Å². The maximum atomic E-state index is 13.3. The van der Waals surface area contributed by atoms with Crippen LogP contribution in [-0.4, -0.2) is 41.0 Å². The number of nitrogens with zero attached hydrogens (tertiary/aromatic N) is 1. The summed E-state index contributed by atoms with van der Waals surface area (Å²) in [7, 11) is 0. The first kappa shape index (κ1) is 24.8. The van der Waals surface area contributed by atoms with Gasteiger partial charge in [-0.15, -0.1) is 0 Å². The number of benzene rings is 2. The average Bonchev–Trinajstić information content (AvgIpc) is 3.14. The molecule has 2 aliphatic rings. The summed E-state index contributed by atoms with van der Waals surface area (Å²) >= 11 is 0. The van der Waals surface area contributed by atoms with Gasteiger partial charge >= 0.3 is 0 Å². The molecule has 1 aliphatic carbocycles.